The second-order valence-electron chi connectivity index (χ2n) is 10.3. The maximum Gasteiger partial charge on any atom is 0.181 e. The lowest BCUT2D eigenvalue weighted by atomic mass is 9.98. The number of aryl methyl sites for hydroxylation is 1. The molecular formula is C32H33N7. The molecular weight excluding hydrogens is 482 g/mol. The van der Waals surface area contributed by atoms with Crippen LogP contribution in [0.4, 0.5) is 0 Å². The first-order chi connectivity index (χ1) is 19.2. The summed E-state index contributed by atoms with van der Waals surface area (Å²) in [4.78, 5) is 16.9. The van der Waals surface area contributed by atoms with Crippen molar-refractivity contribution >= 4 is 16.6 Å². The number of aromatic nitrogens is 6. The van der Waals surface area contributed by atoms with Gasteiger partial charge >= 0.3 is 0 Å². The van der Waals surface area contributed by atoms with E-state index < -0.39 is 0 Å². The van der Waals surface area contributed by atoms with Crippen LogP contribution in [0.5, 0.6) is 0 Å². The number of nitrogens with zero attached hydrogens (tertiary/aromatic N) is 4. The van der Waals surface area contributed by atoms with Gasteiger partial charge in [-0.25, -0.2) is 4.98 Å². The van der Waals surface area contributed by atoms with Crippen molar-refractivity contribution < 1.29 is 0 Å². The summed E-state index contributed by atoms with van der Waals surface area (Å²) >= 11 is 0. The molecule has 1 saturated carbocycles. The lowest BCUT2D eigenvalue weighted by Gasteiger charge is -2.11. The molecule has 0 unspecified atom stereocenters. The van der Waals surface area contributed by atoms with Gasteiger partial charge < -0.3 is 10.3 Å². The molecule has 0 amide bonds. The molecule has 5 aromatic rings. The standard InChI is InChI=1S/C32H33N7/c1-3-6-27(24-9-11-33-12-10-24)28-15-30(37-21(28)2)31-29-14-26(20-36-32(29)39-38-31)25-13-23(18-35-19-25)17-34-16-22-7-4-5-8-22/h3,6,9-15,18-20,22,34,37H,1,4-5,7-8,16-17H2,2H3,(H,36,38,39)/b27-6-. The summed E-state index contributed by atoms with van der Waals surface area (Å²) < 4.78 is 0. The summed E-state index contributed by atoms with van der Waals surface area (Å²) in [6, 6.07) is 10.5. The molecule has 0 saturated heterocycles. The average Bonchev–Trinajstić information content (AvgIpc) is 3.72. The Labute approximate surface area is 228 Å². The third-order valence-corrected chi connectivity index (χ3v) is 7.62. The molecule has 0 radical (unpaired) electrons. The average molecular weight is 516 g/mol. The molecule has 0 aliphatic heterocycles. The summed E-state index contributed by atoms with van der Waals surface area (Å²) in [5.41, 5.74) is 10.1. The minimum absolute atomic E-state index is 0.681. The van der Waals surface area contributed by atoms with Gasteiger partial charge in [0.05, 0.1) is 11.4 Å². The van der Waals surface area contributed by atoms with Gasteiger partial charge in [0.25, 0.3) is 0 Å². The van der Waals surface area contributed by atoms with Gasteiger partial charge in [-0.3, -0.25) is 15.1 Å². The van der Waals surface area contributed by atoms with Crippen LogP contribution in [0.15, 0.2) is 80.0 Å². The number of hydrogen-bond donors (Lipinski definition) is 3. The number of aromatic amines is 2. The highest BCUT2D eigenvalue weighted by atomic mass is 15.2. The quantitative estimate of drug-likeness (QED) is 0.192. The van der Waals surface area contributed by atoms with Crippen molar-refractivity contribution in [3.63, 3.8) is 0 Å². The van der Waals surface area contributed by atoms with E-state index in [0.29, 0.717) is 5.65 Å². The Morgan fingerprint density at radius 3 is 2.69 bits per heavy atom. The lowest BCUT2D eigenvalue weighted by Crippen LogP contribution is -2.20. The maximum atomic E-state index is 4.66. The van der Waals surface area contributed by atoms with Crippen molar-refractivity contribution in [2.45, 2.75) is 39.2 Å². The fourth-order valence-corrected chi connectivity index (χ4v) is 5.60. The van der Waals surface area contributed by atoms with Crippen LogP contribution in [0.1, 0.15) is 48.1 Å². The number of allylic oxidation sites excluding steroid dienone is 2. The normalized spacial score (nSPS) is 14.3. The van der Waals surface area contributed by atoms with Crippen LogP contribution in [0.2, 0.25) is 0 Å². The van der Waals surface area contributed by atoms with Crippen molar-refractivity contribution in [2.75, 3.05) is 6.54 Å². The molecule has 1 aliphatic rings. The zero-order valence-corrected chi connectivity index (χ0v) is 22.2. The van der Waals surface area contributed by atoms with Gasteiger partial charge in [0.2, 0.25) is 0 Å². The SMILES string of the molecule is C=C/C=C(/c1ccncc1)c1cc(-c2[nH]nc3ncc(-c4cncc(CNCC5CCCC5)c4)cc23)[nH]c1C. The Morgan fingerprint density at radius 2 is 1.87 bits per heavy atom. The third-order valence-electron chi connectivity index (χ3n) is 7.62. The topological polar surface area (TPSA) is 95.2 Å². The summed E-state index contributed by atoms with van der Waals surface area (Å²) in [7, 11) is 0. The number of hydrogen-bond acceptors (Lipinski definition) is 5. The van der Waals surface area contributed by atoms with E-state index in [1.54, 1.807) is 12.4 Å². The summed E-state index contributed by atoms with van der Waals surface area (Å²) in [6.07, 6.45) is 18.6. The van der Waals surface area contributed by atoms with Gasteiger partial charge in [-0.1, -0.05) is 31.6 Å². The molecule has 0 bridgehead atoms. The molecule has 196 valence electrons. The monoisotopic (exact) mass is 515 g/mol. The molecule has 3 N–H and O–H groups in total. The molecule has 7 heteroatoms. The molecule has 1 fully saturated rings. The Hall–Kier alpha value is -4.36. The zero-order chi connectivity index (χ0) is 26.6. The number of fused-ring (bicyclic) bond motifs is 1. The van der Waals surface area contributed by atoms with E-state index in [9.17, 15) is 0 Å². The Kier molecular flexibility index (Phi) is 7.15. The zero-order valence-electron chi connectivity index (χ0n) is 22.2. The first-order valence-corrected chi connectivity index (χ1v) is 13.6. The molecule has 5 aromatic heterocycles. The van der Waals surface area contributed by atoms with Crippen LogP contribution in [-0.4, -0.2) is 36.7 Å². The van der Waals surface area contributed by atoms with Gasteiger partial charge in [-0.05, 0) is 79.3 Å². The summed E-state index contributed by atoms with van der Waals surface area (Å²) in [5.74, 6) is 0.817. The van der Waals surface area contributed by atoms with Crippen molar-refractivity contribution in [3.05, 3.63) is 102 Å². The lowest BCUT2D eigenvalue weighted by molar-refractivity contribution is 0.489. The largest absolute Gasteiger partial charge is 0.357 e. The van der Waals surface area contributed by atoms with E-state index in [-0.39, 0.29) is 0 Å². The highest BCUT2D eigenvalue weighted by Gasteiger charge is 2.17. The smallest absolute Gasteiger partial charge is 0.181 e. The minimum atomic E-state index is 0.681. The van der Waals surface area contributed by atoms with Crippen molar-refractivity contribution in [1.29, 1.82) is 0 Å². The van der Waals surface area contributed by atoms with Gasteiger partial charge in [0.1, 0.15) is 0 Å². The Bertz CT molecular complexity index is 1620. The molecule has 0 atom stereocenters. The number of rotatable bonds is 9. The molecule has 5 heterocycles. The number of H-pyrrole nitrogens is 2. The third kappa shape index (κ3) is 5.31. The molecule has 39 heavy (non-hydrogen) atoms. The first kappa shape index (κ1) is 24.9. The fraction of sp³-hybridized carbons (Fsp3) is 0.250. The van der Waals surface area contributed by atoms with E-state index >= 15 is 0 Å². The Balaban J connectivity index is 1.29. The van der Waals surface area contributed by atoms with Crippen LogP contribution in [0, 0.1) is 12.8 Å². The molecule has 7 nitrogen and oxygen atoms in total. The minimum Gasteiger partial charge on any atom is -0.357 e. The van der Waals surface area contributed by atoms with E-state index in [1.165, 1.54) is 31.2 Å². The van der Waals surface area contributed by atoms with E-state index in [4.69, 9.17) is 0 Å². The summed E-state index contributed by atoms with van der Waals surface area (Å²) in [6.45, 7) is 7.91. The predicted octanol–water partition coefficient (Wildman–Crippen LogP) is 6.62. The molecule has 0 aromatic carbocycles. The van der Waals surface area contributed by atoms with Crippen molar-refractivity contribution in [2.24, 2.45) is 5.92 Å². The second-order valence-corrected chi connectivity index (χ2v) is 10.3. The van der Waals surface area contributed by atoms with Crippen molar-refractivity contribution in [1.82, 2.24) is 35.5 Å². The highest BCUT2D eigenvalue weighted by Crippen LogP contribution is 2.33. The van der Waals surface area contributed by atoms with Crippen LogP contribution in [-0.2, 0) is 6.54 Å². The molecule has 6 rings (SSSR count). The van der Waals surface area contributed by atoms with E-state index in [2.05, 4.69) is 67.2 Å². The second kappa shape index (κ2) is 11.2. The maximum absolute atomic E-state index is 4.66. The number of pyridine rings is 3. The van der Waals surface area contributed by atoms with Gasteiger partial charge in [0.15, 0.2) is 5.65 Å². The highest BCUT2D eigenvalue weighted by molar-refractivity contribution is 5.94. The molecule has 1 aliphatic carbocycles. The first-order valence-electron chi connectivity index (χ1n) is 13.6. The van der Waals surface area contributed by atoms with Crippen LogP contribution in [0.3, 0.4) is 0 Å². The number of nitrogens with one attached hydrogen (secondary N) is 3. The van der Waals surface area contributed by atoms with Crippen molar-refractivity contribution in [3.8, 4) is 22.5 Å². The van der Waals surface area contributed by atoms with E-state index in [0.717, 1.165) is 69.3 Å². The Morgan fingerprint density at radius 1 is 1.05 bits per heavy atom. The van der Waals surface area contributed by atoms with E-state index in [1.807, 2.05) is 42.9 Å². The predicted molar refractivity (Wildman–Crippen MR) is 157 cm³/mol. The van der Waals surface area contributed by atoms with Crippen LogP contribution >= 0.6 is 0 Å². The molecule has 0 spiro atoms. The van der Waals surface area contributed by atoms with Crippen LogP contribution < -0.4 is 5.32 Å². The summed E-state index contributed by atoms with van der Waals surface area (Å²) in [5, 5.41) is 12.3. The fourth-order valence-electron chi connectivity index (χ4n) is 5.60. The van der Waals surface area contributed by atoms with Gasteiger partial charge in [-0.2, -0.15) is 5.10 Å². The van der Waals surface area contributed by atoms with Gasteiger partial charge in [-0.15, -0.1) is 0 Å². The van der Waals surface area contributed by atoms with Crippen LogP contribution in [0.25, 0.3) is 39.1 Å². The van der Waals surface area contributed by atoms with Gasteiger partial charge in [0, 0.05) is 65.3 Å².